The first-order valence-corrected chi connectivity index (χ1v) is 6.40. The predicted octanol–water partition coefficient (Wildman–Crippen LogP) is 1.89. The zero-order valence-electron chi connectivity index (χ0n) is 11.7. The second-order valence-electron chi connectivity index (χ2n) is 3.85. The first-order valence-electron chi connectivity index (χ1n) is 6.40. The van der Waals surface area contributed by atoms with Crippen LogP contribution >= 0.6 is 0 Å². The number of nitrogens with two attached hydrogens (primary N) is 2. The third-order valence-electron chi connectivity index (χ3n) is 2.47. The lowest BCUT2D eigenvalue weighted by Gasteiger charge is -1.97. The van der Waals surface area contributed by atoms with Gasteiger partial charge < -0.3 is 11.2 Å². The fraction of sp³-hybridized carbons (Fsp3) is 0.214. The molecule has 2 aromatic rings. The van der Waals surface area contributed by atoms with Gasteiger partial charge in [-0.2, -0.15) is 5.10 Å². The molecule has 2 rings (SSSR count). The summed E-state index contributed by atoms with van der Waals surface area (Å²) in [4.78, 5) is 0. The molecule has 0 aliphatic carbocycles. The van der Waals surface area contributed by atoms with E-state index >= 15 is 0 Å². The van der Waals surface area contributed by atoms with Gasteiger partial charge in [-0.15, -0.1) is 0 Å². The zero-order valence-corrected chi connectivity index (χ0v) is 11.7. The maximum Gasteiger partial charge on any atom is 0.123 e. The van der Waals surface area contributed by atoms with E-state index in [9.17, 15) is 4.39 Å². The summed E-state index contributed by atoms with van der Waals surface area (Å²) >= 11 is 0. The summed E-state index contributed by atoms with van der Waals surface area (Å²) in [5.74, 6) is 4.89. The fourth-order valence-electron chi connectivity index (χ4n) is 1.59. The van der Waals surface area contributed by atoms with Crippen LogP contribution < -0.4 is 17.0 Å². The molecule has 0 saturated carbocycles. The summed E-state index contributed by atoms with van der Waals surface area (Å²) in [6, 6.07) is 8.15. The van der Waals surface area contributed by atoms with Crippen LogP contribution in [0.25, 0.3) is 5.70 Å². The summed E-state index contributed by atoms with van der Waals surface area (Å²) in [6.07, 6.45) is 2.09. The van der Waals surface area contributed by atoms with Crippen molar-refractivity contribution in [3.05, 3.63) is 59.3 Å². The number of hydrazine groups is 1. The van der Waals surface area contributed by atoms with Gasteiger partial charge in [0.1, 0.15) is 11.5 Å². The van der Waals surface area contributed by atoms with Gasteiger partial charge in [0.2, 0.25) is 0 Å². The molecule has 0 aliphatic rings. The molecule has 20 heavy (non-hydrogen) atoms. The van der Waals surface area contributed by atoms with Crippen molar-refractivity contribution in [3.63, 3.8) is 0 Å². The van der Waals surface area contributed by atoms with Crippen molar-refractivity contribution in [1.82, 2.24) is 15.6 Å². The number of nitrogens with one attached hydrogen (secondary N) is 2. The number of aromatic nitrogens is 2. The molecule has 0 fully saturated rings. The van der Waals surface area contributed by atoms with E-state index in [1.807, 2.05) is 19.9 Å². The SMILES string of the molecule is CC.NN/C=C(\N)c1cc(Cc2ccc(F)cc2)[nH]n1. The molecule has 0 radical (unpaired) electrons. The Labute approximate surface area is 117 Å². The van der Waals surface area contributed by atoms with Gasteiger partial charge in [0, 0.05) is 18.3 Å². The molecule has 108 valence electrons. The van der Waals surface area contributed by atoms with Crippen molar-refractivity contribution in [1.29, 1.82) is 0 Å². The van der Waals surface area contributed by atoms with E-state index in [0.717, 1.165) is 11.3 Å². The third-order valence-corrected chi connectivity index (χ3v) is 2.47. The summed E-state index contributed by atoms with van der Waals surface area (Å²) in [5.41, 5.74) is 11.0. The van der Waals surface area contributed by atoms with Crippen LogP contribution in [0, 0.1) is 5.82 Å². The number of H-pyrrole nitrogens is 1. The number of benzene rings is 1. The minimum Gasteiger partial charge on any atom is -0.396 e. The molecule has 6 heteroatoms. The molecule has 0 saturated heterocycles. The lowest BCUT2D eigenvalue weighted by atomic mass is 10.1. The Morgan fingerprint density at radius 2 is 2.00 bits per heavy atom. The van der Waals surface area contributed by atoms with Gasteiger partial charge in [0.25, 0.3) is 0 Å². The van der Waals surface area contributed by atoms with Gasteiger partial charge >= 0.3 is 0 Å². The maximum atomic E-state index is 12.8. The Hall–Kier alpha value is -2.34. The highest BCUT2D eigenvalue weighted by Crippen LogP contribution is 2.12. The van der Waals surface area contributed by atoms with Crippen LogP contribution in [0.5, 0.6) is 0 Å². The van der Waals surface area contributed by atoms with Crippen molar-refractivity contribution in [2.45, 2.75) is 20.3 Å². The van der Waals surface area contributed by atoms with Gasteiger partial charge in [0.15, 0.2) is 0 Å². The number of aromatic amines is 1. The van der Waals surface area contributed by atoms with Crippen LogP contribution in [0.1, 0.15) is 30.8 Å². The Kier molecular flexibility index (Phi) is 6.25. The highest BCUT2D eigenvalue weighted by Gasteiger charge is 2.04. The van der Waals surface area contributed by atoms with Crippen LogP contribution in [0.2, 0.25) is 0 Å². The molecule has 0 amide bonds. The van der Waals surface area contributed by atoms with Crippen LogP contribution in [0.4, 0.5) is 4.39 Å². The number of hydrogen-bond donors (Lipinski definition) is 4. The smallest absolute Gasteiger partial charge is 0.123 e. The minimum atomic E-state index is -0.245. The summed E-state index contributed by atoms with van der Waals surface area (Å²) in [5, 5.41) is 6.94. The standard InChI is InChI=1S/C12H14FN5.C2H6/c13-9-3-1-8(2-4-9)5-10-6-12(18-17-10)11(14)7-16-15;1-2/h1-4,6-7,16H,5,14-15H2,(H,17,18);1-2H3/b11-7-;. The van der Waals surface area contributed by atoms with Crippen molar-refractivity contribution in [2.24, 2.45) is 11.6 Å². The molecule has 0 aliphatic heterocycles. The minimum absolute atomic E-state index is 0.245. The van der Waals surface area contributed by atoms with Gasteiger partial charge in [0.05, 0.1) is 5.70 Å². The van der Waals surface area contributed by atoms with Gasteiger partial charge in [-0.05, 0) is 23.8 Å². The van der Waals surface area contributed by atoms with E-state index < -0.39 is 0 Å². The van der Waals surface area contributed by atoms with Crippen molar-refractivity contribution >= 4 is 5.70 Å². The number of halogens is 1. The first-order chi connectivity index (χ1) is 9.69. The van der Waals surface area contributed by atoms with Crippen LogP contribution in [0.15, 0.2) is 36.5 Å². The van der Waals surface area contributed by atoms with Crippen molar-refractivity contribution in [3.8, 4) is 0 Å². The molecule has 1 heterocycles. The summed E-state index contributed by atoms with van der Waals surface area (Å²) in [6.45, 7) is 4.00. The van der Waals surface area contributed by atoms with Crippen LogP contribution in [-0.4, -0.2) is 10.2 Å². The Morgan fingerprint density at radius 1 is 1.35 bits per heavy atom. The maximum absolute atomic E-state index is 12.8. The average Bonchev–Trinajstić information content (AvgIpc) is 2.93. The normalized spacial score (nSPS) is 10.7. The number of nitrogens with zero attached hydrogens (tertiary/aromatic N) is 1. The lowest BCUT2D eigenvalue weighted by Crippen LogP contribution is -2.16. The molecule has 0 bridgehead atoms. The monoisotopic (exact) mass is 277 g/mol. The number of rotatable bonds is 4. The molecule has 1 aromatic carbocycles. The fourth-order valence-corrected chi connectivity index (χ4v) is 1.59. The molecule has 5 nitrogen and oxygen atoms in total. The second-order valence-corrected chi connectivity index (χ2v) is 3.85. The van der Waals surface area contributed by atoms with E-state index in [-0.39, 0.29) is 5.82 Å². The Bertz CT molecular complexity index is 545. The molecule has 0 unspecified atom stereocenters. The van der Waals surface area contributed by atoms with Crippen molar-refractivity contribution in [2.75, 3.05) is 0 Å². The lowest BCUT2D eigenvalue weighted by molar-refractivity contribution is 0.627. The second kappa shape index (κ2) is 7.96. The highest BCUT2D eigenvalue weighted by molar-refractivity contribution is 5.58. The highest BCUT2D eigenvalue weighted by atomic mass is 19.1. The summed E-state index contributed by atoms with van der Waals surface area (Å²) < 4.78 is 12.8. The number of hydrogen-bond acceptors (Lipinski definition) is 4. The largest absolute Gasteiger partial charge is 0.396 e. The van der Waals surface area contributed by atoms with E-state index in [1.165, 1.54) is 18.3 Å². The van der Waals surface area contributed by atoms with Crippen molar-refractivity contribution < 1.29 is 4.39 Å². The van der Waals surface area contributed by atoms with E-state index in [2.05, 4.69) is 15.6 Å². The molecule has 1 aromatic heterocycles. The molecular formula is C14H20FN5. The molecule has 0 atom stereocenters. The van der Waals surface area contributed by atoms with Gasteiger partial charge in [-0.3, -0.25) is 10.9 Å². The zero-order chi connectivity index (χ0) is 15.0. The van der Waals surface area contributed by atoms with E-state index in [0.29, 0.717) is 17.8 Å². The average molecular weight is 277 g/mol. The molecule has 0 spiro atoms. The third kappa shape index (κ3) is 4.40. The van der Waals surface area contributed by atoms with Crippen LogP contribution in [-0.2, 0) is 6.42 Å². The summed E-state index contributed by atoms with van der Waals surface area (Å²) in [7, 11) is 0. The molecular weight excluding hydrogens is 257 g/mol. The van der Waals surface area contributed by atoms with E-state index in [4.69, 9.17) is 11.6 Å². The Morgan fingerprint density at radius 3 is 2.60 bits per heavy atom. The molecule has 6 N–H and O–H groups in total. The topological polar surface area (TPSA) is 92.7 Å². The first kappa shape index (κ1) is 15.7. The Balaban J connectivity index is 0.000000956. The quantitative estimate of drug-likeness (QED) is 0.507. The van der Waals surface area contributed by atoms with Crippen LogP contribution in [0.3, 0.4) is 0 Å². The van der Waals surface area contributed by atoms with Gasteiger partial charge in [-0.1, -0.05) is 26.0 Å². The van der Waals surface area contributed by atoms with Gasteiger partial charge in [-0.25, -0.2) is 4.39 Å². The van der Waals surface area contributed by atoms with E-state index in [1.54, 1.807) is 12.1 Å². The predicted molar refractivity (Wildman–Crippen MR) is 78.6 cm³/mol.